The summed E-state index contributed by atoms with van der Waals surface area (Å²) in [6.07, 6.45) is 7.44. The number of nitrogens with zero attached hydrogens (tertiary/aromatic N) is 1. The summed E-state index contributed by atoms with van der Waals surface area (Å²) in [4.78, 5) is 22.1. The Hall–Kier alpha value is -0.790. The Morgan fingerprint density at radius 2 is 1.82 bits per heavy atom. The largest absolute Gasteiger partial charge is 0.369 e. The van der Waals surface area contributed by atoms with Crippen molar-refractivity contribution in [3.05, 3.63) is 34.3 Å². The lowest BCUT2D eigenvalue weighted by Gasteiger charge is -2.49. The number of carbonyl (C=O) groups is 2. The van der Waals surface area contributed by atoms with Gasteiger partial charge in [-0.25, -0.2) is 4.31 Å². The van der Waals surface area contributed by atoms with E-state index in [1.54, 1.807) is 24.1 Å². The van der Waals surface area contributed by atoms with Gasteiger partial charge in [0.05, 0.1) is 15.6 Å². The van der Waals surface area contributed by atoms with Gasteiger partial charge in [0.1, 0.15) is 6.29 Å². The summed E-state index contributed by atoms with van der Waals surface area (Å²) >= 11 is 12.8. The van der Waals surface area contributed by atoms with E-state index in [1.807, 2.05) is 50.5 Å². The molecule has 2 fully saturated rings. The number of fused-ring (bicyclic) bond motifs is 2. The van der Waals surface area contributed by atoms with Crippen molar-refractivity contribution >= 4 is 47.3 Å². The van der Waals surface area contributed by atoms with Gasteiger partial charge >= 0.3 is 0 Å². The number of nitrogens with one attached hydrogen (secondary N) is 1. The van der Waals surface area contributed by atoms with Gasteiger partial charge in [0, 0.05) is 18.0 Å². The van der Waals surface area contributed by atoms with E-state index < -0.39 is 0 Å². The molecule has 0 saturated heterocycles. The molecular formula is C26H43Cl2N3O2S. The summed E-state index contributed by atoms with van der Waals surface area (Å²) in [5, 5.41) is 4.65. The van der Waals surface area contributed by atoms with Crippen LogP contribution in [-0.2, 0) is 9.59 Å². The third kappa shape index (κ3) is 8.70. The average Bonchev–Trinajstić information content (AvgIpc) is 2.77. The first kappa shape index (κ1) is 31.2. The summed E-state index contributed by atoms with van der Waals surface area (Å²) in [6.45, 7) is 11.2. The second kappa shape index (κ2) is 14.1. The van der Waals surface area contributed by atoms with Crippen LogP contribution in [0.1, 0.15) is 60.3 Å². The summed E-state index contributed by atoms with van der Waals surface area (Å²) in [7, 11) is 2.04. The van der Waals surface area contributed by atoms with Gasteiger partial charge in [0.25, 0.3) is 0 Å². The maximum absolute atomic E-state index is 11.6. The first-order valence-corrected chi connectivity index (χ1v) is 13.9. The molecule has 1 amide bonds. The Labute approximate surface area is 221 Å². The fourth-order valence-corrected chi connectivity index (χ4v) is 6.52. The second-order valence-electron chi connectivity index (χ2n) is 10.3. The van der Waals surface area contributed by atoms with Gasteiger partial charge < -0.3 is 15.8 Å². The third-order valence-electron chi connectivity index (χ3n) is 7.11. The zero-order valence-corrected chi connectivity index (χ0v) is 24.1. The van der Waals surface area contributed by atoms with Crippen LogP contribution >= 0.6 is 35.1 Å². The second-order valence-corrected chi connectivity index (χ2v) is 11.9. The molecule has 0 heterocycles. The lowest BCUT2D eigenvalue weighted by atomic mass is 9.57. The van der Waals surface area contributed by atoms with Crippen LogP contribution in [0.4, 0.5) is 0 Å². The van der Waals surface area contributed by atoms with Crippen molar-refractivity contribution in [2.45, 2.75) is 71.9 Å². The van der Waals surface area contributed by atoms with Gasteiger partial charge in [-0.15, -0.1) is 0 Å². The van der Waals surface area contributed by atoms with Crippen molar-refractivity contribution in [3.63, 3.8) is 0 Å². The molecule has 5 unspecified atom stereocenters. The Morgan fingerprint density at radius 3 is 2.18 bits per heavy atom. The van der Waals surface area contributed by atoms with Gasteiger partial charge in [-0.2, -0.15) is 0 Å². The molecule has 34 heavy (non-hydrogen) atoms. The molecule has 0 aliphatic heterocycles. The minimum atomic E-state index is -0.325. The fourth-order valence-electron chi connectivity index (χ4n) is 5.48. The van der Waals surface area contributed by atoms with Crippen LogP contribution in [0.25, 0.3) is 0 Å². The molecule has 2 aliphatic carbocycles. The molecule has 5 atom stereocenters. The minimum absolute atomic E-state index is 0.105. The van der Waals surface area contributed by atoms with E-state index in [1.165, 1.54) is 12.8 Å². The van der Waals surface area contributed by atoms with E-state index in [-0.39, 0.29) is 16.9 Å². The highest BCUT2D eigenvalue weighted by Crippen LogP contribution is 2.50. The molecule has 0 radical (unpaired) electrons. The molecular weight excluding hydrogens is 489 g/mol. The number of likely N-dealkylation sites (N-methyl/N-ethyl adjacent to an activating group) is 1. The van der Waals surface area contributed by atoms with Crippen LogP contribution in [0.2, 0.25) is 10.0 Å². The van der Waals surface area contributed by atoms with E-state index in [4.69, 9.17) is 28.9 Å². The number of rotatable bonds is 6. The molecule has 194 valence electrons. The summed E-state index contributed by atoms with van der Waals surface area (Å²) in [5.74, 6) is 1.96. The molecule has 1 aromatic carbocycles. The predicted molar refractivity (Wildman–Crippen MR) is 147 cm³/mol. The van der Waals surface area contributed by atoms with Gasteiger partial charge in [-0.3, -0.25) is 4.79 Å². The Morgan fingerprint density at radius 1 is 1.26 bits per heavy atom. The van der Waals surface area contributed by atoms with Crippen molar-refractivity contribution < 1.29 is 9.59 Å². The van der Waals surface area contributed by atoms with Crippen LogP contribution < -0.4 is 11.1 Å². The number of benzene rings is 1. The Bertz CT molecular complexity index is 768. The number of hydrogen-bond donors (Lipinski definition) is 2. The fraction of sp³-hybridized carbons (Fsp3) is 0.692. The Kier molecular flexibility index (Phi) is 12.9. The summed E-state index contributed by atoms with van der Waals surface area (Å²) in [5.41, 5.74) is 4.98. The molecule has 2 bridgehead atoms. The SMILES string of the molecule is CCN(SC)C(C)(C)C=O.CNC1C(C)CC2CC1CC(C)(C(N)=O)C2.Clc1ccccc1Cl. The summed E-state index contributed by atoms with van der Waals surface area (Å²) in [6, 6.07) is 7.76. The number of aldehydes is 1. The molecule has 5 nitrogen and oxygen atoms in total. The number of carbonyl (C=O) groups excluding carboxylic acids is 2. The van der Waals surface area contributed by atoms with Crippen LogP contribution in [0.15, 0.2) is 24.3 Å². The van der Waals surface area contributed by atoms with E-state index in [0.29, 0.717) is 27.9 Å². The van der Waals surface area contributed by atoms with E-state index >= 15 is 0 Å². The van der Waals surface area contributed by atoms with Crippen molar-refractivity contribution in [1.29, 1.82) is 0 Å². The van der Waals surface area contributed by atoms with Gasteiger partial charge in [-0.05, 0) is 82.7 Å². The van der Waals surface area contributed by atoms with Crippen LogP contribution in [0.5, 0.6) is 0 Å². The normalized spacial score (nSPS) is 28.2. The highest BCUT2D eigenvalue weighted by Gasteiger charge is 2.47. The number of nitrogens with two attached hydrogens (primary N) is 1. The standard InChI is InChI=1S/C13H24N2O.C7H15NOS.C6H4Cl2/c1-8-4-9-5-10(11(8)15-3)7-13(2,6-9)12(14)16;1-5-8(10-4)7(2,3)6-9;7-5-3-1-2-4-6(5)8/h8-11,15H,4-7H2,1-3H3,(H2,14,16);6H,5H2,1-4H3;1-4H. The average molecular weight is 533 g/mol. The van der Waals surface area contributed by atoms with Crippen molar-refractivity contribution in [2.75, 3.05) is 19.8 Å². The number of primary amides is 1. The van der Waals surface area contributed by atoms with Gasteiger partial charge in [-0.1, -0.05) is 68.1 Å². The molecule has 0 aromatic heterocycles. The molecule has 3 rings (SSSR count). The first-order valence-electron chi connectivity index (χ1n) is 12.0. The molecule has 8 heteroatoms. The zero-order valence-electron chi connectivity index (χ0n) is 21.7. The highest BCUT2D eigenvalue weighted by molar-refractivity contribution is 7.96. The molecule has 1 aromatic rings. The third-order valence-corrected chi connectivity index (χ3v) is 9.03. The lowest BCUT2D eigenvalue weighted by Crippen LogP contribution is -2.52. The lowest BCUT2D eigenvalue weighted by molar-refractivity contribution is -0.132. The maximum Gasteiger partial charge on any atom is 0.223 e. The van der Waals surface area contributed by atoms with E-state index in [2.05, 4.69) is 19.2 Å². The van der Waals surface area contributed by atoms with Gasteiger partial charge in [0.2, 0.25) is 5.91 Å². The smallest absolute Gasteiger partial charge is 0.223 e. The first-order chi connectivity index (χ1) is 15.8. The quantitative estimate of drug-likeness (QED) is 0.343. The van der Waals surface area contributed by atoms with Gasteiger partial charge in [0.15, 0.2) is 0 Å². The van der Waals surface area contributed by atoms with Crippen LogP contribution in [0, 0.1) is 23.2 Å². The molecule has 2 aliphatic rings. The molecule has 2 saturated carbocycles. The van der Waals surface area contributed by atoms with Crippen molar-refractivity contribution in [2.24, 2.45) is 28.9 Å². The number of amides is 1. The summed E-state index contributed by atoms with van der Waals surface area (Å²) < 4.78 is 2.04. The number of hydrogen-bond acceptors (Lipinski definition) is 5. The maximum atomic E-state index is 11.6. The van der Waals surface area contributed by atoms with Crippen molar-refractivity contribution in [3.8, 4) is 0 Å². The number of halogens is 2. The monoisotopic (exact) mass is 531 g/mol. The van der Waals surface area contributed by atoms with Crippen molar-refractivity contribution in [1.82, 2.24) is 9.62 Å². The van der Waals surface area contributed by atoms with E-state index in [9.17, 15) is 9.59 Å². The van der Waals surface area contributed by atoms with Crippen LogP contribution in [-0.4, -0.2) is 47.9 Å². The van der Waals surface area contributed by atoms with E-state index in [0.717, 1.165) is 31.6 Å². The Balaban J connectivity index is 0.000000277. The highest BCUT2D eigenvalue weighted by atomic mass is 35.5. The minimum Gasteiger partial charge on any atom is -0.369 e. The topological polar surface area (TPSA) is 75.4 Å². The zero-order chi connectivity index (χ0) is 26.1. The van der Waals surface area contributed by atoms with Crippen LogP contribution in [0.3, 0.4) is 0 Å². The predicted octanol–water partition coefficient (Wildman–Crippen LogP) is 6.08. The molecule has 0 spiro atoms. The molecule has 3 N–H and O–H groups in total.